The number of benzene rings is 1. The number of methoxy groups -OCH3 is 2. The number of hydrogen-bond acceptors (Lipinski definition) is 2. The average Bonchev–Trinajstić information content (AvgIpc) is 2.26. The van der Waals surface area contributed by atoms with Crippen LogP contribution in [0, 0.1) is 6.92 Å². The van der Waals surface area contributed by atoms with E-state index in [1.165, 1.54) is 25.3 Å². The lowest BCUT2D eigenvalue weighted by molar-refractivity contribution is -0.269. The van der Waals surface area contributed by atoms with Gasteiger partial charge >= 0.3 is 6.18 Å². The highest BCUT2D eigenvalue weighted by Crippen LogP contribution is 2.42. The molecule has 0 amide bonds. The van der Waals surface area contributed by atoms with E-state index >= 15 is 0 Å². The Bertz CT molecular complexity index is 401. The topological polar surface area (TPSA) is 18.5 Å². The second-order valence-corrected chi connectivity index (χ2v) is 3.92. The van der Waals surface area contributed by atoms with Crippen molar-refractivity contribution in [1.82, 2.24) is 0 Å². The molecule has 0 heterocycles. The Labute approximate surface area is 98.3 Å². The van der Waals surface area contributed by atoms with Gasteiger partial charge in [-0.25, -0.2) is 0 Å². The highest BCUT2D eigenvalue weighted by Gasteiger charge is 2.53. The molecule has 17 heavy (non-hydrogen) atoms. The van der Waals surface area contributed by atoms with E-state index in [0.717, 1.165) is 14.0 Å². The number of halogens is 3. The van der Waals surface area contributed by atoms with E-state index in [2.05, 4.69) is 4.74 Å². The molecule has 0 aliphatic carbocycles. The molecule has 0 N–H and O–H groups in total. The van der Waals surface area contributed by atoms with Gasteiger partial charge in [0.05, 0.1) is 7.11 Å². The van der Waals surface area contributed by atoms with Crippen LogP contribution in [0.15, 0.2) is 18.2 Å². The molecular formula is C12H15F3O2. The normalized spacial score (nSPS) is 15.5. The number of rotatable bonds is 3. The van der Waals surface area contributed by atoms with E-state index in [4.69, 9.17) is 4.74 Å². The van der Waals surface area contributed by atoms with Gasteiger partial charge in [-0.3, -0.25) is 0 Å². The van der Waals surface area contributed by atoms with Gasteiger partial charge in [0.2, 0.25) is 0 Å². The number of alkyl halides is 3. The van der Waals surface area contributed by atoms with E-state index < -0.39 is 11.8 Å². The Hall–Kier alpha value is -1.23. The van der Waals surface area contributed by atoms with E-state index in [-0.39, 0.29) is 5.56 Å². The fraction of sp³-hybridized carbons (Fsp3) is 0.500. The van der Waals surface area contributed by atoms with Gasteiger partial charge in [0, 0.05) is 7.11 Å². The summed E-state index contributed by atoms with van der Waals surface area (Å²) in [6.07, 6.45) is -4.47. The molecule has 0 fully saturated rings. The first-order valence-electron chi connectivity index (χ1n) is 5.03. The summed E-state index contributed by atoms with van der Waals surface area (Å²) in [6, 6.07) is 4.30. The number of aryl methyl sites for hydroxylation is 1. The quantitative estimate of drug-likeness (QED) is 0.815. The molecule has 0 saturated carbocycles. The van der Waals surface area contributed by atoms with E-state index in [0.29, 0.717) is 11.3 Å². The molecule has 1 aromatic carbocycles. The van der Waals surface area contributed by atoms with Crippen molar-refractivity contribution in [2.45, 2.75) is 25.6 Å². The van der Waals surface area contributed by atoms with Crippen LogP contribution in [-0.4, -0.2) is 20.4 Å². The summed E-state index contributed by atoms with van der Waals surface area (Å²) in [5.74, 6) is 0.550. The van der Waals surface area contributed by atoms with Gasteiger partial charge in [0.15, 0.2) is 5.60 Å². The highest BCUT2D eigenvalue weighted by atomic mass is 19.4. The molecular weight excluding hydrogens is 233 g/mol. The summed E-state index contributed by atoms with van der Waals surface area (Å²) < 4.78 is 48.5. The first kappa shape index (κ1) is 13.8. The summed E-state index contributed by atoms with van der Waals surface area (Å²) in [7, 11) is 2.52. The molecule has 1 rings (SSSR count). The second-order valence-electron chi connectivity index (χ2n) is 3.92. The molecule has 1 unspecified atom stereocenters. The predicted molar refractivity (Wildman–Crippen MR) is 58.1 cm³/mol. The molecule has 0 spiro atoms. The zero-order chi connectivity index (χ0) is 13.3. The molecule has 0 aromatic heterocycles. The summed E-state index contributed by atoms with van der Waals surface area (Å²) in [5.41, 5.74) is -1.60. The minimum atomic E-state index is -4.47. The Balaban J connectivity index is 3.27. The number of hydrogen-bond donors (Lipinski definition) is 0. The van der Waals surface area contributed by atoms with E-state index in [9.17, 15) is 13.2 Å². The Morgan fingerprint density at radius 1 is 1.12 bits per heavy atom. The predicted octanol–water partition coefficient (Wildman–Crippen LogP) is 3.43. The fourth-order valence-corrected chi connectivity index (χ4v) is 1.57. The van der Waals surface area contributed by atoms with Crippen LogP contribution < -0.4 is 4.74 Å². The first-order chi connectivity index (χ1) is 7.76. The van der Waals surface area contributed by atoms with Crippen LogP contribution in [0.25, 0.3) is 0 Å². The molecule has 0 saturated heterocycles. The standard InChI is InChI=1S/C12H15F3O2/c1-8-7-9(5-6-10(8)16-3)11(2,17-4)12(13,14)15/h5-7H,1-4H3. The minimum absolute atomic E-state index is 0.0609. The summed E-state index contributed by atoms with van der Waals surface area (Å²) >= 11 is 0. The molecule has 5 heteroatoms. The fourth-order valence-electron chi connectivity index (χ4n) is 1.57. The zero-order valence-electron chi connectivity index (χ0n) is 10.2. The third-order valence-electron chi connectivity index (χ3n) is 2.89. The third kappa shape index (κ3) is 2.39. The lowest BCUT2D eigenvalue weighted by Crippen LogP contribution is -2.41. The van der Waals surface area contributed by atoms with Crippen molar-refractivity contribution in [1.29, 1.82) is 0 Å². The van der Waals surface area contributed by atoms with Gasteiger partial charge < -0.3 is 9.47 Å². The summed E-state index contributed by atoms with van der Waals surface area (Å²) in [6.45, 7) is 2.70. The van der Waals surface area contributed by atoms with Crippen LogP contribution in [-0.2, 0) is 10.3 Å². The highest BCUT2D eigenvalue weighted by molar-refractivity contribution is 5.39. The van der Waals surface area contributed by atoms with Crippen molar-refractivity contribution < 1.29 is 22.6 Å². The SMILES string of the molecule is COc1ccc(C(C)(OC)C(F)(F)F)cc1C. The van der Waals surface area contributed by atoms with Crippen LogP contribution in [0.1, 0.15) is 18.1 Å². The minimum Gasteiger partial charge on any atom is -0.496 e. The molecule has 1 atom stereocenters. The molecule has 2 nitrogen and oxygen atoms in total. The molecule has 96 valence electrons. The van der Waals surface area contributed by atoms with Crippen molar-refractivity contribution in [3.63, 3.8) is 0 Å². The van der Waals surface area contributed by atoms with Gasteiger partial charge in [-0.2, -0.15) is 13.2 Å². The first-order valence-corrected chi connectivity index (χ1v) is 5.03. The van der Waals surface area contributed by atoms with Crippen molar-refractivity contribution in [3.8, 4) is 5.75 Å². The maximum Gasteiger partial charge on any atom is 0.421 e. The number of ether oxygens (including phenoxy) is 2. The van der Waals surface area contributed by atoms with Crippen molar-refractivity contribution in [2.75, 3.05) is 14.2 Å². The van der Waals surface area contributed by atoms with Crippen LogP contribution in [0.4, 0.5) is 13.2 Å². The summed E-state index contributed by atoms with van der Waals surface area (Å²) in [4.78, 5) is 0. The molecule has 0 aliphatic rings. The van der Waals surface area contributed by atoms with Crippen LogP contribution >= 0.6 is 0 Å². The van der Waals surface area contributed by atoms with Gasteiger partial charge in [0.25, 0.3) is 0 Å². The van der Waals surface area contributed by atoms with Crippen LogP contribution in [0.2, 0.25) is 0 Å². The van der Waals surface area contributed by atoms with Crippen LogP contribution in [0.5, 0.6) is 5.75 Å². The largest absolute Gasteiger partial charge is 0.496 e. The maximum atomic E-state index is 12.9. The zero-order valence-corrected chi connectivity index (χ0v) is 10.2. The second kappa shape index (κ2) is 4.56. The van der Waals surface area contributed by atoms with Crippen molar-refractivity contribution in [2.24, 2.45) is 0 Å². The van der Waals surface area contributed by atoms with Gasteiger partial charge in [0.1, 0.15) is 5.75 Å². The molecule has 1 aromatic rings. The molecule has 0 aliphatic heterocycles. The van der Waals surface area contributed by atoms with Crippen molar-refractivity contribution >= 4 is 0 Å². The van der Waals surface area contributed by atoms with E-state index in [1.807, 2.05) is 0 Å². The third-order valence-corrected chi connectivity index (χ3v) is 2.89. The smallest absolute Gasteiger partial charge is 0.421 e. The molecule has 0 bridgehead atoms. The lowest BCUT2D eigenvalue weighted by atomic mass is 9.93. The maximum absolute atomic E-state index is 12.9. The molecule has 0 radical (unpaired) electrons. The van der Waals surface area contributed by atoms with Gasteiger partial charge in [-0.1, -0.05) is 6.07 Å². The van der Waals surface area contributed by atoms with Crippen LogP contribution in [0.3, 0.4) is 0 Å². The van der Waals surface area contributed by atoms with Gasteiger partial charge in [-0.05, 0) is 37.1 Å². The summed E-state index contributed by atoms with van der Waals surface area (Å²) in [5, 5.41) is 0. The Morgan fingerprint density at radius 2 is 1.71 bits per heavy atom. The van der Waals surface area contributed by atoms with Crippen molar-refractivity contribution in [3.05, 3.63) is 29.3 Å². The van der Waals surface area contributed by atoms with Gasteiger partial charge in [-0.15, -0.1) is 0 Å². The Kier molecular flexibility index (Phi) is 3.71. The lowest BCUT2D eigenvalue weighted by Gasteiger charge is -2.31. The van der Waals surface area contributed by atoms with E-state index in [1.54, 1.807) is 6.92 Å². The Morgan fingerprint density at radius 3 is 2.06 bits per heavy atom. The monoisotopic (exact) mass is 248 g/mol. The average molecular weight is 248 g/mol.